The maximum absolute atomic E-state index is 12.2. The van der Waals surface area contributed by atoms with E-state index in [0.717, 1.165) is 15.6 Å². The number of amides is 1. The minimum Gasteiger partial charge on any atom is -0.490 e. The highest BCUT2D eigenvalue weighted by Gasteiger charge is 2.11. The number of halogens is 1. The summed E-state index contributed by atoms with van der Waals surface area (Å²) in [4.78, 5) is 12.2. The van der Waals surface area contributed by atoms with E-state index in [0.29, 0.717) is 30.3 Å². The lowest BCUT2D eigenvalue weighted by Gasteiger charge is -2.13. The van der Waals surface area contributed by atoms with Gasteiger partial charge in [-0.1, -0.05) is 30.9 Å². The van der Waals surface area contributed by atoms with Gasteiger partial charge >= 0.3 is 0 Å². The van der Waals surface area contributed by atoms with E-state index in [9.17, 15) is 4.79 Å². The van der Waals surface area contributed by atoms with E-state index in [4.69, 9.17) is 9.47 Å². The number of carbonyl (C=O) groups is 1. The van der Waals surface area contributed by atoms with Gasteiger partial charge in [-0.2, -0.15) is 5.10 Å². The molecule has 2 aromatic rings. The third kappa shape index (κ3) is 5.20. The summed E-state index contributed by atoms with van der Waals surface area (Å²) in [5.41, 5.74) is 4.78. The second-order valence-corrected chi connectivity index (χ2v) is 6.23. The molecule has 2 rings (SSSR count). The smallest absolute Gasteiger partial charge is 0.271 e. The molecule has 0 fully saturated rings. The van der Waals surface area contributed by atoms with Gasteiger partial charge in [0.15, 0.2) is 11.5 Å². The zero-order chi connectivity index (χ0) is 18.9. The van der Waals surface area contributed by atoms with Crippen LogP contribution in [0.1, 0.15) is 28.4 Å². The van der Waals surface area contributed by atoms with Gasteiger partial charge in [0.1, 0.15) is 6.61 Å². The van der Waals surface area contributed by atoms with Crippen molar-refractivity contribution in [3.63, 3.8) is 0 Å². The summed E-state index contributed by atoms with van der Waals surface area (Å²) in [6, 6.07) is 11.0. The zero-order valence-electron chi connectivity index (χ0n) is 14.8. The molecule has 0 bridgehead atoms. The fraction of sp³-hybridized carbons (Fsp3) is 0.200. The van der Waals surface area contributed by atoms with Crippen LogP contribution in [0.5, 0.6) is 11.5 Å². The van der Waals surface area contributed by atoms with E-state index in [-0.39, 0.29) is 5.91 Å². The van der Waals surface area contributed by atoms with Crippen molar-refractivity contribution in [2.24, 2.45) is 5.10 Å². The summed E-state index contributed by atoms with van der Waals surface area (Å²) in [6.07, 6.45) is 3.22. The van der Waals surface area contributed by atoms with Crippen LogP contribution in [0.15, 0.2) is 58.6 Å². The molecule has 0 aromatic heterocycles. The topological polar surface area (TPSA) is 59.9 Å². The highest BCUT2D eigenvalue weighted by atomic mass is 79.9. The largest absolute Gasteiger partial charge is 0.490 e. The van der Waals surface area contributed by atoms with Crippen LogP contribution in [0.4, 0.5) is 0 Å². The Morgan fingerprint density at radius 1 is 1.31 bits per heavy atom. The first-order valence-electron chi connectivity index (χ1n) is 8.15. The molecule has 2 aromatic carbocycles. The number of aryl methyl sites for hydroxylation is 1. The first-order valence-corrected chi connectivity index (χ1v) is 8.95. The van der Waals surface area contributed by atoms with Gasteiger partial charge in [0.2, 0.25) is 0 Å². The van der Waals surface area contributed by atoms with Gasteiger partial charge in [-0.05, 0) is 59.1 Å². The average Bonchev–Trinajstić information content (AvgIpc) is 2.61. The van der Waals surface area contributed by atoms with E-state index in [1.807, 2.05) is 38.1 Å². The van der Waals surface area contributed by atoms with Crippen molar-refractivity contribution in [1.82, 2.24) is 5.43 Å². The monoisotopic (exact) mass is 416 g/mol. The van der Waals surface area contributed by atoms with E-state index >= 15 is 0 Å². The van der Waals surface area contributed by atoms with Crippen molar-refractivity contribution in [3.05, 3.63) is 70.2 Å². The van der Waals surface area contributed by atoms with Gasteiger partial charge in [0, 0.05) is 5.56 Å². The van der Waals surface area contributed by atoms with Gasteiger partial charge in [-0.25, -0.2) is 5.43 Å². The molecule has 6 heteroatoms. The van der Waals surface area contributed by atoms with Crippen LogP contribution in [-0.2, 0) is 0 Å². The molecular formula is C20H21BrN2O3. The fourth-order valence-electron chi connectivity index (χ4n) is 2.26. The molecule has 0 saturated carbocycles. The first kappa shape index (κ1) is 19.7. The minimum atomic E-state index is -0.255. The maximum Gasteiger partial charge on any atom is 0.271 e. The van der Waals surface area contributed by atoms with Gasteiger partial charge in [-0.15, -0.1) is 0 Å². The Balaban J connectivity index is 2.15. The molecule has 5 nitrogen and oxygen atoms in total. The number of ether oxygens (including phenoxy) is 2. The lowest BCUT2D eigenvalue weighted by atomic mass is 10.1. The standard InChI is InChI=1S/C20H21BrN2O3/c1-4-10-26-19-17(21)11-15(12-18(19)25-5-2)13-22-23-20(24)16-9-7-6-8-14(16)3/h4,6-9,11-13H,1,5,10H2,2-3H3,(H,23,24)/b22-13-. The van der Waals surface area contributed by atoms with Crippen molar-refractivity contribution < 1.29 is 14.3 Å². The van der Waals surface area contributed by atoms with Crippen molar-refractivity contribution in [3.8, 4) is 11.5 Å². The molecule has 0 aliphatic carbocycles. The minimum absolute atomic E-state index is 0.255. The van der Waals surface area contributed by atoms with Gasteiger partial charge in [0.25, 0.3) is 5.91 Å². The first-order chi connectivity index (χ1) is 12.6. The summed E-state index contributed by atoms with van der Waals surface area (Å²) in [7, 11) is 0. The van der Waals surface area contributed by atoms with Crippen LogP contribution in [0.3, 0.4) is 0 Å². The summed E-state index contributed by atoms with van der Waals surface area (Å²) < 4.78 is 12.0. The summed E-state index contributed by atoms with van der Waals surface area (Å²) in [6.45, 7) is 8.30. The van der Waals surface area contributed by atoms with E-state index in [1.54, 1.807) is 24.4 Å². The second kappa shape index (κ2) is 9.77. The lowest BCUT2D eigenvalue weighted by Crippen LogP contribution is -2.18. The second-order valence-electron chi connectivity index (χ2n) is 5.38. The molecule has 0 aliphatic rings. The van der Waals surface area contributed by atoms with Crippen molar-refractivity contribution in [2.45, 2.75) is 13.8 Å². The predicted molar refractivity (Wildman–Crippen MR) is 107 cm³/mol. The van der Waals surface area contributed by atoms with Crippen LogP contribution in [0, 0.1) is 6.92 Å². The number of benzene rings is 2. The van der Waals surface area contributed by atoms with Crippen LogP contribution in [0.2, 0.25) is 0 Å². The number of hydrogen-bond donors (Lipinski definition) is 1. The molecule has 0 unspecified atom stereocenters. The number of rotatable bonds is 8. The molecule has 136 valence electrons. The molecule has 0 aliphatic heterocycles. The molecule has 0 radical (unpaired) electrons. The highest BCUT2D eigenvalue weighted by molar-refractivity contribution is 9.10. The molecule has 0 heterocycles. The molecular weight excluding hydrogens is 396 g/mol. The van der Waals surface area contributed by atoms with Crippen LogP contribution in [-0.4, -0.2) is 25.3 Å². The number of hydrogen-bond acceptors (Lipinski definition) is 4. The molecule has 26 heavy (non-hydrogen) atoms. The number of nitrogens with one attached hydrogen (secondary N) is 1. The summed E-state index contributed by atoms with van der Waals surface area (Å²) in [5.74, 6) is 0.942. The van der Waals surface area contributed by atoms with Crippen molar-refractivity contribution in [2.75, 3.05) is 13.2 Å². The zero-order valence-corrected chi connectivity index (χ0v) is 16.4. The van der Waals surface area contributed by atoms with Crippen LogP contribution in [0.25, 0.3) is 0 Å². The van der Waals surface area contributed by atoms with Gasteiger partial charge < -0.3 is 9.47 Å². The van der Waals surface area contributed by atoms with E-state index < -0.39 is 0 Å². The summed E-state index contributed by atoms with van der Waals surface area (Å²) in [5, 5.41) is 4.04. The Morgan fingerprint density at radius 2 is 2.08 bits per heavy atom. The number of carbonyl (C=O) groups excluding carboxylic acids is 1. The van der Waals surface area contributed by atoms with Gasteiger partial charge in [0.05, 0.1) is 17.3 Å². The van der Waals surface area contributed by atoms with Gasteiger partial charge in [-0.3, -0.25) is 4.79 Å². The molecule has 1 N–H and O–H groups in total. The van der Waals surface area contributed by atoms with E-state index in [1.165, 1.54) is 0 Å². The summed E-state index contributed by atoms with van der Waals surface area (Å²) >= 11 is 3.48. The highest BCUT2D eigenvalue weighted by Crippen LogP contribution is 2.36. The van der Waals surface area contributed by atoms with Crippen molar-refractivity contribution >= 4 is 28.1 Å². The average molecular weight is 417 g/mol. The maximum atomic E-state index is 12.2. The normalized spacial score (nSPS) is 10.6. The number of hydrazone groups is 1. The predicted octanol–water partition coefficient (Wildman–Crippen LogP) is 4.48. The quantitative estimate of drug-likeness (QED) is 0.391. The number of nitrogens with zero attached hydrogens (tertiary/aromatic N) is 1. The molecule has 0 spiro atoms. The lowest BCUT2D eigenvalue weighted by molar-refractivity contribution is 0.0954. The molecule has 1 amide bonds. The molecule has 0 saturated heterocycles. The Morgan fingerprint density at radius 3 is 2.77 bits per heavy atom. The molecule has 0 atom stereocenters. The fourth-order valence-corrected chi connectivity index (χ4v) is 2.84. The Kier molecular flexibility index (Phi) is 7.41. The van der Waals surface area contributed by atoms with Crippen LogP contribution < -0.4 is 14.9 Å². The van der Waals surface area contributed by atoms with Crippen LogP contribution >= 0.6 is 15.9 Å². The van der Waals surface area contributed by atoms with E-state index in [2.05, 4.69) is 33.0 Å². The third-order valence-corrected chi connectivity index (χ3v) is 4.04. The Labute approximate surface area is 161 Å². The Hall–Kier alpha value is -2.60. The SMILES string of the molecule is C=CCOc1c(Br)cc(/C=N\NC(=O)c2ccccc2C)cc1OCC. The third-order valence-electron chi connectivity index (χ3n) is 3.45. The Bertz CT molecular complexity index is 819. The van der Waals surface area contributed by atoms with Crippen molar-refractivity contribution in [1.29, 1.82) is 0 Å².